The molecule has 4 amide bonds. The first kappa shape index (κ1) is 33.8. The maximum Gasteiger partial charge on any atom is 0.324 e. The number of halogens is 3. The maximum atomic E-state index is 14.1. The molecule has 44 heavy (non-hydrogen) atoms. The number of allylic oxidation sites excluding steroid dienone is 6. The average Bonchev–Trinajstić information content (AvgIpc) is 3.38. The lowest BCUT2D eigenvalue weighted by Crippen LogP contribution is -2.51. The maximum absolute atomic E-state index is 14.1. The first-order valence-electron chi connectivity index (χ1n) is 14.1. The smallest absolute Gasteiger partial charge is 0.321 e. The number of nitrogens with one attached hydrogen (secondary N) is 1. The van der Waals surface area contributed by atoms with Crippen LogP contribution < -0.4 is 5.32 Å². The number of likely N-dealkylation sites (N-methyl/N-ethyl adjacent to an activating group) is 1. The van der Waals surface area contributed by atoms with Crippen LogP contribution in [0.2, 0.25) is 0 Å². The Morgan fingerprint density at radius 2 is 1.86 bits per heavy atom. The quantitative estimate of drug-likeness (QED) is 0.403. The second-order valence-corrected chi connectivity index (χ2v) is 10.6. The Labute approximate surface area is 256 Å². The van der Waals surface area contributed by atoms with Crippen molar-refractivity contribution >= 4 is 30.1 Å². The van der Waals surface area contributed by atoms with Crippen LogP contribution in [0.15, 0.2) is 89.7 Å². The molecule has 0 unspecified atom stereocenters. The third kappa shape index (κ3) is 8.21. The Balaban J connectivity index is 0.000000454. The summed E-state index contributed by atoms with van der Waals surface area (Å²) >= 11 is 0. The van der Waals surface area contributed by atoms with E-state index in [4.69, 9.17) is 0 Å². The summed E-state index contributed by atoms with van der Waals surface area (Å²) in [7, 11) is 2.19. The molecule has 1 N–H and O–H groups in total. The van der Waals surface area contributed by atoms with Crippen molar-refractivity contribution in [3.8, 4) is 0 Å². The minimum atomic E-state index is -0.460. The van der Waals surface area contributed by atoms with E-state index in [1.165, 1.54) is 18.2 Å². The zero-order valence-corrected chi connectivity index (χ0v) is 25.3. The molecule has 2 atom stereocenters. The largest absolute Gasteiger partial charge is 0.324 e. The third-order valence-corrected chi connectivity index (χ3v) is 7.58. The van der Waals surface area contributed by atoms with Crippen LogP contribution in [-0.2, 0) is 22.4 Å². The molecule has 0 spiro atoms. The molecule has 0 fully saturated rings. The normalized spacial score (nSPS) is 20.0. The number of imide groups is 1. The average molecular weight is 607 g/mol. The fourth-order valence-corrected chi connectivity index (χ4v) is 5.15. The molecule has 0 bridgehead atoms. The lowest BCUT2D eigenvalue weighted by molar-refractivity contribution is -0.123. The number of aliphatic imine (C=N–C) groups is 1. The van der Waals surface area contributed by atoms with Gasteiger partial charge in [0.25, 0.3) is 5.91 Å². The van der Waals surface area contributed by atoms with E-state index >= 15 is 0 Å². The van der Waals surface area contributed by atoms with Crippen LogP contribution >= 0.6 is 0 Å². The number of amides is 4. The van der Waals surface area contributed by atoms with Crippen molar-refractivity contribution in [1.82, 2.24) is 15.1 Å². The van der Waals surface area contributed by atoms with Gasteiger partial charge in [-0.2, -0.15) is 0 Å². The van der Waals surface area contributed by atoms with Gasteiger partial charge in [-0.25, -0.2) is 13.6 Å². The summed E-state index contributed by atoms with van der Waals surface area (Å²) < 4.78 is 35.8. The summed E-state index contributed by atoms with van der Waals surface area (Å²) in [5, 5.41) is 2.20. The van der Waals surface area contributed by atoms with Gasteiger partial charge in [-0.15, -0.1) is 0 Å². The Hall–Kier alpha value is -4.73. The zero-order chi connectivity index (χ0) is 32.3. The lowest BCUT2D eigenvalue weighted by atomic mass is 9.97. The summed E-state index contributed by atoms with van der Waals surface area (Å²) in [5.41, 5.74) is 3.24. The van der Waals surface area contributed by atoms with Crippen LogP contribution in [0.5, 0.6) is 0 Å². The van der Waals surface area contributed by atoms with Crippen molar-refractivity contribution < 1.29 is 27.6 Å². The topological polar surface area (TPSA) is 82.1 Å². The number of urea groups is 1. The SMILES string of the molecule is CF.C[C@H]1N=C(c2ccccc2F)C(=O)N1C/C=C/c1ccc2c(c1)C[C@@](C)(N(C)C(=O)NC=O)C2.FC1=CC=CCC=C1. The second-order valence-electron chi connectivity index (χ2n) is 10.6. The number of alkyl halides is 1. The van der Waals surface area contributed by atoms with E-state index in [0.29, 0.717) is 33.0 Å². The van der Waals surface area contributed by atoms with Crippen molar-refractivity contribution in [3.05, 3.63) is 113 Å². The van der Waals surface area contributed by atoms with Gasteiger partial charge >= 0.3 is 6.03 Å². The van der Waals surface area contributed by atoms with Crippen LogP contribution in [0.25, 0.3) is 6.08 Å². The van der Waals surface area contributed by atoms with Crippen molar-refractivity contribution in [1.29, 1.82) is 0 Å². The van der Waals surface area contributed by atoms with E-state index in [2.05, 4.69) is 22.4 Å². The van der Waals surface area contributed by atoms with Crippen LogP contribution in [0, 0.1) is 5.82 Å². The van der Waals surface area contributed by atoms with E-state index in [0.717, 1.165) is 23.1 Å². The molecule has 2 aromatic carbocycles. The molecule has 3 aliphatic rings. The van der Waals surface area contributed by atoms with Gasteiger partial charge in [0.2, 0.25) is 6.41 Å². The van der Waals surface area contributed by atoms with Crippen molar-refractivity contribution in [3.63, 3.8) is 0 Å². The fraction of sp³-hybridized carbons (Fsp3) is 0.294. The number of nitrogens with zero attached hydrogens (tertiary/aromatic N) is 3. The highest BCUT2D eigenvalue weighted by atomic mass is 19.1. The van der Waals surface area contributed by atoms with E-state index in [9.17, 15) is 27.6 Å². The minimum absolute atomic E-state index is 0.151. The number of fused-ring (bicyclic) bond motifs is 1. The number of hydrogen-bond acceptors (Lipinski definition) is 4. The van der Waals surface area contributed by atoms with Gasteiger partial charge in [-0.3, -0.25) is 24.3 Å². The van der Waals surface area contributed by atoms with Crippen molar-refractivity contribution in [2.75, 3.05) is 20.8 Å². The van der Waals surface area contributed by atoms with E-state index in [1.54, 1.807) is 47.2 Å². The molecule has 2 aromatic rings. The molecule has 1 heterocycles. The van der Waals surface area contributed by atoms with Gasteiger partial charge in [0.15, 0.2) is 0 Å². The fourth-order valence-electron chi connectivity index (χ4n) is 5.15. The van der Waals surface area contributed by atoms with Crippen LogP contribution in [0.3, 0.4) is 0 Å². The standard InChI is InChI=1S/C26H27FN4O3.C7H7F.CH3F/c1-17-29-23(21-8-4-5-9-22(21)27)24(33)31(17)12-6-7-18-10-11-19-14-26(2,15-20(19)13-18)30(3)25(34)28-16-32;8-7-5-3-1-2-4-6-7;1-2/h4-11,13,16-17H,12,14-15H2,1-3H3,(H,28,32,34);1,3-6H,2H2;1H3/b7-6+;;/t17-,26-;;/m0../s1. The van der Waals surface area contributed by atoms with E-state index in [-0.39, 0.29) is 29.2 Å². The molecule has 1 aliphatic heterocycles. The molecule has 2 aliphatic carbocycles. The predicted molar refractivity (Wildman–Crippen MR) is 167 cm³/mol. The monoisotopic (exact) mass is 606 g/mol. The number of rotatable bonds is 6. The summed E-state index contributed by atoms with van der Waals surface area (Å²) in [6.07, 6.45) is 14.4. The number of carbonyl (C=O) groups excluding carboxylic acids is 3. The van der Waals surface area contributed by atoms with Crippen LogP contribution in [0.4, 0.5) is 18.0 Å². The van der Waals surface area contributed by atoms with E-state index in [1.807, 2.05) is 38.1 Å². The minimum Gasteiger partial charge on any atom is -0.321 e. The third-order valence-electron chi connectivity index (χ3n) is 7.58. The second kappa shape index (κ2) is 15.7. The van der Waals surface area contributed by atoms with Crippen LogP contribution in [-0.4, -0.2) is 66.3 Å². The predicted octanol–water partition coefficient (Wildman–Crippen LogP) is 6.11. The Bertz CT molecular complexity index is 1510. The highest BCUT2D eigenvalue weighted by molar-refractivity contribution is 6.46. The number of benzene rings is 2. The Morgan fingerprint density at radius 1 is 1.14 bits per heavy atom. The van der Waals surface area contributed by atoms with Gasteiger partial charge < -0.3 is 9.80 Å². The zero-order valence-electron chi connectivity index (χ0n) is 25.3. The van der Waals surface area contributed by atoms with Gasteiger partial charge in [0.05, 0.1) is 7.18 Å². The molecule has 232 valence electrons. The molecule has 0 saturated carbocycles. The van der Waals surface area contributed by atoms with E-state index < -0.39 is 17.4 Å². The van der Waals surface area contributed by atoms with Gasteiger partial charge in [-0.05, 0) is 74.1 Å². The van der Waals surface area contributed by atoms with Crippen molar-refractivity contribution in [2.24, 2.45) is 4.99 Å². The Morgan fingerprint density at radius 3 is 2.59 bits per heavy atom. The molecule has 10 heteroatoms. The lowest BCUT2D eigenvalue weighted by Gasteiger charge is -2.34. The summed E-state index contributed by atoms with van der Waals surface area (Å²) in [5.74, 6) is -0.916. The van der Waals surface area contributed by atoms with Gasteiger partial charge in [0.1, 0.15) is 23.5 Å². The molecular weight excluding hydrogens is 569 g/mol. The molecule has 5 rings (SSSR count). The highest BCUT2D eigenvalue weighted by Gasteiger charge is 2.39. The summed E-state index contributed by atoms with van der Waals surface area (Å²) in [6.45, 7) is 4.17. The van der Waals surface area contributed by atoms with Gasteiger partial charge in [0, 0.05) is 24.7 Å². The first-order valence-corrected chi connectivity index (χ1v) is 14.1. The molecular formula is C34H37F3N4O3. The summed E-state index contributed by atoms with van der Waals surface area (Å²) in [4.78, 5) is 43.1. The number of hydrogen-bond donors (Lipinski definition) is 1. The van der Waals surface area contributed by atoms with Crippen LogP contribution in [0.1, 0.15) is 42.5 Å². The van der Waals surface area contributed by atoms with Crippen molar-refractivity contribution in [2.45, 2.75) is 44.8 Å². The summed E-state index contributed by atoms with van der Waals surface area (Å²) in [6, 6.07) is 11.9. The van der Waals surface area contributed by atoms with Gasteiger partial charge in [-0.1, -0.05) is 60.7 Å². The Kier molecular flexibility index (Phi) is 12.0. The first-order chi connectivity index (χ1) is 21.1. The molecule has 0 aromatic heterocycles. The molecule has 7 nitrogen and oxygen atoms in total. The number of carbonyl (C=O) groups is 3. The molecule has 0 radical (unpaired) electrons. The molecule has 0 saturated heterocycles. The highest BCUT2D eigenvalue weighted by Crippen LogP contribution is 2.34.